The van der Waals surface area contributed by atoms with Crippen LogP contribution < -0.4 is 11.1 Å². The van der Waals surface area contributed by atoms with Gasteiger partial charge in [-0.05, 0) is 17.8 Å². The van der Waals surface area contributed by atoms with Crippen LogP contribution in [0.2, 0.25) is 0 Å². The summed E-state index contributed by atoms with van der Waals surface area (Å²) in [4.78, 5) is 25.6. The first-order chi connectivity index (χ1) is 8.81. The molecule has 7 heteroatoms. The quantitative estimate of drug-likeness (QED) is 0.629. The minimum atomic E-state index is -0.604. The zero-order valence-corrected chi connectivity index (χ0v) is 10.8. The molecule has 1 heterocycles. The number of carbonyl (C=O) groups excluding carboxylic acids is 1. The van der Waals surface area contributed by atoms with Crippen LogP contribution in [0.15, 0.2) is 12.3 Å². The van der Waals surface area contributed by atoms with Gasteiger partial charge in [-0.3, -0.25) is 14.9 Å². The average Bonchev–Trinajstić information content (AvgIpc) is 2.94. The Labute approximate surface area is 110 Å². The second-order valence-electron chi connectivity index (χ2n) is 5.48. The lowest BCUT2D eigenvalue weighted by molar-refractivity contribution is -0.385. The molecule has 2 rings (SSSR count). The number of hydrogen-bond donors (Lipinski definition) is 2. The zero-order valence-electron chi connectivity index (χ0n) is 10.8. The third-order valence-electron chi connectivity index (χ3n) is 3.59. The van der Waals surface area contributed by atoms with E-state index < -0.39 is 10.8 Å². The fraction of sp³-hybridized carbons (Fsp3) is 0.500. The lowest BCUT2D eigenvalue weighted by atomic mass is 10.1. The van der Waals surface area contributed by atoms with E-state index in [1.165, 1.54) is 0 Å². The Hall–Kier alpha value is -2.18. The van der Waals surface area contributed by atoms with E-state index >= 15 is 0 Å². The molecule has 1 aliphatic carbocycles. The van der Waals surface area contributed by atoms with E-state index in [1.54, 1.807) is 0 Å². The first kappa shape index (κ1) is 13.3. The normalized spacial score (nSPS) is 19.8. The van der Waals surface area contributed by atoms with Crippen molar-refractivity contribution in [2.24, 2.45) is 11.3 Å². The summed E-state index contributed by atoms with van der Waals surface area (Å²) in [5, 5.41) is 13.4. The number of carbonyl (C=O) groups is 1. The highest BCUT2D eigenvalue weighted by molar-refractivity contribution is 5.98. The highest BCUT2D eigenvalue weighted by Crippen LogP contribution is 2.50. The molecule has 3 N–H and O–H groups in total. The zero-order chi connectivity index (χ0) is 14.2. The van der Waals surface area contributed by atoms with Crippen molar-refractivity contribution in [3.05, 3.63) is 27.9 Å². The van der Waals surface area contributed by atoms with Crippen molar-refractivity contribution in [2.45, 2.75) is 20.3 Å². The number of rotatable bonds is 4. The minimum Gasteiger partial charge on any atom is -0.383 e. The number of anilines is 1. The van der Waals surface area contributed by atoms with Crippen LogP contribution in [0.1, 0.15) is 30.6 Å². The molecule has 1 aromatic heterocycles. The van der Waals surface area contributed by atoms with Crippen molar-refractivity contribution in [3.63, 3.8) is 0 Å². The maximum atomic E-state index is 11.9. The summed E-state index contributed by atoms with van der Waals surface area (Å²) in [6.45, 7) is 4.81. The molecular weight excluding hydrogens is 248 g/mol. The van der Waals surface area contributed by atoms with Crippen molar-refractivity contribution >= 4 is 17.4 Å². The molecular formula is C12H16N4O3. The lowest BCUT2D eigenvalue weighted by Gasteiger charge is -2.07. The summed E-state index contributed by atoms with van der Waals surface area (Å²) in [5.74, 6) is 0.0267. The largest absolute Gasteiger partial charge is 0.383 e. The van der Waals surface area contributed by atoms with Gasteiger partial charge in [0.15, 0.2) is 0 Å². The smallest absolute Gasteiger partial charge is 0.288 e. The monoisotopic (exact) mass is 264 g/mol. The SMILES string of the molecule is CC1(C)CC1CNC(=O)c1cc([N+](=O)[O-])cnc1N. The van der Waals surface area contributed by atoms with E-state index in [1.807, 2.05) is 0 Å². The molecule has 1 amide bonds. The average molecular weight is 264 g/mol. The van der Waals surface area contributed by atoms with Gasteiger partial charge in [-0.2, -0.15) is 0 Å². The summed E-state index contributed by atoms with van der Waals surface area (Å²) >= 11 is 0. The minimum absolute atomic E-state index is 0.00171. The molecule has 0 saturated heterocycles. The molecule has 0 aliphatic heterocycles. The number of hydrogen-bond acceptors (Lipinski definition) is 5. The Morgan fingerprint density at radius 2 is 2.32 bits per heavy atom. The van der Waals surface area contributed by atoms with Crippen LogP contribution in [-0.2, 0) is 0 Å². The second kappa shape index (κ2) is 4.49. The first-order valence-corrected chi connectivity index (χ1v) is 5.99. The van der Waals surface area contributed by atoms with Crippen molar-refractivity contribution in [2.75, 3.05) is 12.3 Å². The molecule has 0 spiro atoms. The molecule has 1 unspecified atom stereocenters. The number of aromatic nitrogens is 1. The number of nitrogen functional groups attached to an aromatic ring is 1. The van der Waals surface area contributed by atoms with Crippen molar-refractivity contribution in [1.82, 2.24) is 10.3 Å². The van der Waals surface area contributed by atoms with Gasteiger partial charge >= 0.3 is 0 Å². The number of nitrogens with two attached hydrogens (primary N) is 1. The third kappa shape index (κ3) is 2.81. The summed E-state index contributed by atoms with van der Waals surface area (Å²) in [6.07, 6.45) is 2.10. The van der Waals surface area contributed by atoms with Crippen molar-refractivity contribution < 1.29 is 9.72 Å². The third-order valence-corrected chi connectivity index (χ3v) is 3.59. The van der Waals surface area contributed by atoms with Crippen molar-refractivity contribution in [1.29, 1.82) is 0 Å². The molecule has 0 radical (unpaired) electrons. The van der Waals surface area contributed by atoms with Crippen LogP contribution in [0.5, 0.6) is 0 Å². The van der Waals surface area contributed by atoms with Crippen LogP contribution in [0, 0.1) is 21.4 Å². The van der Waals surface area contributed by atoms with Gasteiger partial charge < -0.3 is 11.1 Å². The van der Waals surface area contributed by atoms with Gasteiger partial charge in [0.05, 0.1) is 10.5 Å². The van der Waals surface area contributed by atoms with Gasteiger partial charge in [0.1, 0.15) is 12.0 Å². The summed E-state index contributed by atoms with van der Waals surface area (Å²) in [7, 11) is 0. The van der Waals surface area contributed by atoms with Crippen LogP contribution >= 0.6 is 0 Å². The van der Waals surface area contributed by atoms with Crippen LogP contribution in [-0.4, -0.2) is 22.4 Å². The molecule has 1 aliphatic rings. The van der Waals surface area contributed by atoms with Gasteiger partial charge in [-0.15, -0.1) is 0 Å². The Bertz CT molecular complexity index is 542. The standard InChI is InChI=1S/C12H16N4O3/c1-12(2)4-7(12)5-15-11(17)9-3-8(16(18)19)6-14-10(9)13/h3,6-7H,4-5H2,1-2H3,(H2,13,14)(H,15,17). The highest BCUT2D eigenvalue weighted by atomic mass is 16.6. The van der Waals surface area contributed by atoms with E-state index in [4.69, 9.17) is 5.73 Å². The molecule has 1 saturated carbocycles. The summed E-state index contributed by atoms with van der Waals surface area (Å²) in [6, 6.07) is 1.15. The number of nitro groups is 1. The lowest BCUT2D eigenvalue weighted by Crippen LogP contribution is -2.27. The van der Waals surface area contributed by atoms with Gasteiger partial charge in [0.2, 0.25) is 0 Å². The second-order valence-corrected chi connectivity index (χ2v) is 5.48. The molecule has 102 valence electrons. The van der Waals surface area contributed by atoms with Crippen LogP contribution in [0.4, 0.5) is 11.5 Å². The van der Waals surface area contributed by atoms with E-state index in [0.717, 1.165) is 18.7 Å². The molecule has 0 bridgehead atoms. The van der Waals surface area contributed by atoms with Gasteiger partial charge in [0.25, 0.3) is 11.6 Å². The predicted molar refractivity (Wildman–Crippen MR) is 69.5 cm³/mol. The summed E-state index contributed by atoms with van der Waals surface area (Å²) in [5.41, 5.74) is 5.64. The highest BCUT2D eigenvalue weighted by Gasteiger charge is 2.45. The first-order valence-electron chi connectivity index (χ1n) is 5.99. The van der Waals surface area contributed by atoms with Gasteiger partial charge in [0, 0.05) is 12.6 Å². The number of nitrogens with zero attached hydrogens (tertiary/aromatic N) is 2. The van der Waals surface area contributed by atoms with Crippen LogP contribution in [0.3, 0.4) is 0 Å². The van der Waals surface area contributed by atoms with E-state index in [0.29, 0.717) is 12.5 Å². The van der Waals surface area contributed by atoms with Gasteiger partial charge in [-0.1, -0.05) is 13.8 Å². The van der Waals surface area contributed by atoms with E-state index in [9.17, 15) is 14.9 Å². The van der Waals surface area contributed by atoms with E-state index in [-0.39, 0.29) is 22.5 Å². The maximum Gasteiger partial charge on any atom is 0.288 e. The van der Waals surface area contributed by atoms with Crippen LogP contribution in [0.25, 0.3) is 0 Å². The molecule has 1 fully saturated rings. The van der Waals surface area contributed by atoms with E-state index in [2.05, 4.69) is 24.1 Å². The Balaban J connectivity index is 2.06. The topological polar surface area (TPSA) is 111 Å². The Morgan fingerprint density at radius 3 is 2.84 bits per heavy atom. The Morgan fingerprint density at radius 1 is 1.68 bits per heavy atom. The molecule has 19 heavy (non-hydrogen) atoms. The van der Waals surface area contributed by atoms with Crippen molar-refractivity contribution in [3.8, 4) is 0 Å². The molecule has 1 aromatic rings. The molecule has 0 aromatic carbocycles. The van der Waals surface area contributed by atoms with Gasteiger partial charge in [-0.25, -0.2) is 4.98 Å². The predicted octanol–water partition coefficient (Wildman–Crippen LogP) is 1.35. The molecule has 1 atom stereocenters. The fourth-order valence-corrected chi connectivity index (χ4v) is 1.98. The summed E-state index contributed by atoms with van der Waals surface area (Å²) < 4.78 is 0. The molecule has 7 nitrogen and oxygen atoms in total. The fourth-order valence-electron chi connectivity index (χ4n) is 1.98. The Kier molecular flexibility index (Phi) is 3.13. The number of nitrogens with one attached hydrogen (secondary N) is 1. The number of pyridine rings is 1. The maximum absolute atomic E-state index is 11.9. The number of amides is 1.